The van der Waals surface area contributed by atoms with E-state index >= 15 is 4.79 Å². The molecule has 1 aromatic rings. The monoisotopic (exact) mass is 782 g/mol. The predicted molar refractivity (Wildman–Crippen MR) is 192 cm³/mol. The molecule has 0 aromatic carbocycles. The Morgan fingerprint density at radius 1 is 0.911 bits per heavy atom. The fraction of sp³-hybridized carbons (Fsp3) is 0.585. The third-order valence-electron chi connectivity index (χ3n) is 12.4. The van der Waals surface area contributed by atoms with Gasteiger partial charge in [-0.05, 0) is 63.7 Å². The van der Waals surface area contributed by atoms with Crippen LogP contribution in [0.15, 0.2) is 57.5 Å². The van der Waals surface area contributed by atoms with Gasteiger partial charge in [-0.15, -0.1) is 0 Å². The molecule has 2 heterocycles. The van der Waals surface area contributed by atoms with Crippen LogP contribution >= 0.6 is 0 Å². The lowest BCUT2D eigenvalue weighted by Gasteiger charge is -2.67. The molecule has 2 bridgehead atoms. The lowest BCUT2D eigenvalue weighted by atomic mass is 9.38. The van der Waals surface area contributed by atoms with Gasteiger partial charge in [-0.25, -0.2) is 19.2 Å². The summed E-state index contributed by atoms with van der Waals surface area (Å²) in [5, 5.41) is 13.3. The highest BCUT2D eigenvalue weighted by molar-refractivity contribution is 6.00. The zero-order valence-corrected chi connectivity index (χ0v) is 33.5. The van der Waals surface area contributed by atoms with Crippen molar-refractivity contribution in [3.8, 4) is 0 Å². The summed E-state index contributed by atoms with van der Waals surface area (Å²) >= 11 is 0. The summed E-state index contributed by atoms with van der Waals surface area (Å²) in [5.74, 6) is -9.11. The molecule has 4 aliphatic rings. The molecule has 1 saturated heterocycles. The number of aliphatic hydroxyl groups is 1. The van der Waals surface area contributed by atoms with Crippen molar-refractivity contribution in [2.75, 3.05) is 7.11 Å². The summed E-state index contributed by atoms with van der Waals surface area (Å²) in [6.07, 6.45) is -2.50. The average molecular weight is 783 g/mol. The quantitative estimate of drug-likeness (QED) is 0.160. The second-order valence-electron chi connectivity index (χ2n) is 16.0. The smallest absolute Gasteiger partial charge is 0.352 e. The fourth-order valence-corrected chi connectivity index (χ4v) is 9.83. The minimum Gasteiger partial charge on any atom is -0.472 e. The molecule has 15 heteroatoms. The first kappa shape index (κ1) is 42.1. The highest BCUT2D eigenvalue weighted by atomic mass is 16.6. The molecule has 0 amide bonds. The molecule has 304 valence electrons. The number of cyclic esters (lactones) is 1. The molecule has 3 fully saturated rings. The first-order chi connectivity index (χ1) is 26.1. The molecule has 5 rings (SSSR count). The molecule has 10 atom stereocenters. The first-order valence-electron chi connectivity index (χ1n) is 18.4. The van der Waals surface area contributed by atoms with Gasteiger partial charge in [-0.3, -0.25) is 14.4 Å². The van der Waals surface area contributed by atoms with Gasteiger partial charge >= 0.3 is 35.8 Å². The van der Waals surface area contributed by atoms with E-state index in [1.165, 1.54) is 45.4 Å². The zero-order chi connectivity index (χ0) is 41.9. The molecule has 1 aromatic heterocycles. The zero-order valence-electron chi connectivity index (χ0n) is 33.5. The van der Waals surface area contributed by atoms with Crippen LogP contribution in [0.2, 0.25) is 0 Å². The molecule has 3 aliphatic carbocycles. The molecule has 10 unspecified atom stereocenters. The Bertz CT molecular complexity index is 1930. The van der Waals surface area contributed by atoms with Crippen LogP contribution in [0.25, 0.3) is 0 Å². The van der Waals surface area contributed by atoms with Gasteiger partial charge < -0.3 is 37.9 Å². The van der Waals surface area contributed by atoms with Gasteiger partial charge in [0.15, 0.2) is 11.9 Å². The second-order valence-corrected chi connectivity index (χ2v) is 16.0. The van der Waals surface area contributed by atoms with E-state index in [1.54, 1.807) is 40.7 Å². The maximum atomic E-state index is 15.5. The van der Waals surface area contributed by atoms with Crippen molar-refractivity contribution in [2.45, 2.75) is 118 Å². The van der Waals surface area contributed by atoms with E-state index in [-0.39, 0.29) is 35.1 Å². The molecular weight excluding hydrogens is 732 g/mol. The Labute approximate surface area is 324 Å². The summed E-state index contributed by atoms with van der Waals surface area (Å²) in [4.78, 5) is 96.6. The number of fused-ring (bicyclic) bond motifs is 5. The summed E-state index contributed by atoms with van der Waals surface area (Å²) in [5.41, 5.74) is -6.89. The Hall–Kier alpha value is -5.05. The summed E-state index contributed by atoms with van der Waals surface area (Å²) in [6, 6.07) is 1.60. The number of carbonyl (C=O) groups excluding carboxylic acids is 7. The van der Waals surface area contributed by atoms with Gasteiger partial charge in [0.1, 0.15) is 12.2 Å². The largest absolute Gasteiger partial charge is 0.472 e. The van der Waals surface area contributed by atoms with Crippen LogP contribution in [0, 0.1) is 28.1 Å². The molecule has 0 radical (unpaired) electrons. The number of rotatable bonds is 9. The minimum atomic E-state index is -2.90. The number of Topliss-reactive ketones (excluding diaryl/α,β-unsaturated/α-hetero) is 1. The number of ether oxygens (including phenoxy) is 6. The van der Waals surface area contributed by atoms with Gasteiger partial charge in [0.05, 0.1) is 19.6 Å². The minimum absolute atomic E-state index is 0.0374. The van der Waals surface area contributed by atoms with E-state index in [9.17, 15) is 33.9 Å². The third-order valence-corrected chi connectivity index (χ3v) is 12.4. The third kappa shape index (κ3) is 6.27. The maximum absolute atomic E-state index is 15.5. The summed E-state index contributed by atoms with van der Waals surface area (Å²) in [7, 11) is 1.08. The van der Waals surface area contributed by atoms with Crippen molar-refractivity contribution in [2.24, 2.45) is 28.1 Å². The van der Waals surface area contributed by atoms with Gasteiger partial charge in [0.25, 0.3) is 0 Å². The highest BCUT2D eigenvalue weighted by Gasteiger charge is 2.80. The number of ketones is 1. The van der Waals surface area contributed by atoms with Crippen LogP contribution in [0.4, 0.5) is 0 Å². The maximum Gasteiger partial charge on any atom is 0.352 e. The Morgan fingerprint density at radius 2 is 1.52 bits per heavy atom. The van der Waals surface area contributed by atoms with E-state index in [0.717, 1.165) is 21.0 Å². The van der Waals surface area contributed by atoms with E-state index in [1.807, 2.05) is 0 Å². The molecule has 2 saturated carbocycles. The summed E-state index contributed by atoms with van der Waals surface area (Å²) < 4.78 is 40.2. The van der Waals surface area contributed by atoms with Crippen molar-refractivity contribution in [1.29, 1.82) is 0 Å². The standard InChI is InChI=1S/C41H50O15/c1-12-19(3)32(44)54-27-26-25-24(14-16-39(26,9)30(55-35(27)47)23-15-17-51-18-23)40(10)29(28(34(46)50-11)52-21(5)42)38(7,8)37(56-33(45)20(4)13-2)41(49,36(40)48)31(25)53-22(6)43/h12-13,15,17-18,24,27-31,37,49H,14,16H2,1-11H3. The number of esters is 6. The number of allylic oxidation sites excluding steroid dienone is 2. The fourth-order valence-electron chi connectivity index (χ4n) is 9.83. The lowest BCUT2D eigenvalue weighted by Crippen LogP contribution is -2.81. The van der Waals surface area contributed by atoms with Crippen molar-refractivity contribution < 1.29 is 71.5 Å². The van der Waals surface area contributed by atoms with Crippen LogP contribution in [0.5, 0.6) is 0 Å². The van der Waals surface area contributed by atoms with E-state index in [4.69, 9.17) is 32.8 Å². The van der Waals surface area contributed by atoms with Crippen LogP contribution < -0.4 is 0 Å². The molecular formula is C41H50O15. The van der Waals surface area contributed by atoms with Crippen LogP contribution in [0.1, 0.15) is 93.7 Å². The second kappa shape index (κ2) is 14.8. The SMILES string of the molecule is CC=C(C)C(=O)OC1C(=O)OC(c2ccoc2)C2(C)CCC3C(=C12)C(OC(C)=O)C1(O)C(=O)C3(C)C(C(OC(C)=O)C(=O)OC)C(C)(C)C1OC(=O)C(C)=CC. The van der Waals surface area contributed by atoms with Gasteiger partial charge in [-0.1, -0.05) is 39.8 Å². The van der Waals surface area contributed by atoms with E-state index < -0.39 is 106 Å². The number of carbonyl (C=O) groups is 7. The van der Waals surface area contributed by atoms with E-state index in [2.05, 4.69) is 0 Å². The Morgan fingerprint density at radius 3 is 2.04 bits per heavy atom. The topological polar surface area (TPSA) is 208 Å². The van der Waals surface area contributed by atoms with E-state index in [0.29, 0.717) is 5.56 Å². The highest BCUT2D eigenvalue weighted by Crippen LogP contribution is 2.70. The molecule has 1 aliphatic heterocycles. The summed E-state index contributed by atoms with van der Waals surface area (Å²) in [6.45, 7) is 14.6. The van der Waals surface area contributed by atoms with Crippen molar-refractivity contribution >= 4 is 41.6 Å². The predicted octanol–water partition coefficient (Wildman–Crippen LogP) is 4.36. The van der Waals surface area contributed by atoms with Crippen LogP contribution in [-0.4, -0.2) is 83.8 Å². The first-order valence-corrected chi connectivity index (χ1v) is 18.4. The number of hydrogen-bond donors (Lipinski definition) is 1. The lowest BCUT2D eigenvalue weighted by molar-refractivity contribution is -0.267. The Balaban J connectivity index is 1.97. The molecule has 56 heavy (non-hydrogen) atoms. The average Bonchev–Trinajstić information content (AvgIpc) is 3.68. The van der Waals surface area contributed by atoms with Gasteiger partial charge in [-0.2, -0.15) is 0 Å². The van der Waals surface area contributed by atoms with Crippen LogP contribution in [-0.2, 0) is 62.0 Å². The van der Waals surface area contributed by atoms with Crippen LogP contribution in [0.3, 0.4) is 0 Å². The number of furan rings is 1. The Kier molecular flexibility index (Phi) is 11.1. The molecule has 15 nitrogen and oxygen atoms in total. The van der Waals surface area contributed by atoms with Gasteiger partial charge in [0.2, 0.25) is 17.8 Å². The van der Waals surface area contributed by atoms with Crippen molar-refractivity contribution in [1.82, 2.24) is 0 Å². The van der Waals surface area contributed by atoms with Crippen molar-refractivity contribution in [3.63, 3.8) is 0 Å². The van der Waals surface area contributed by atoms with Gasteiger partial charge in [0, 0.05) is 52.7 Å². The molecule has 0 spiro atoms. The normalized spacial score (nSPS) is 34.2. The number of methoxy groups -OCH3 is 1. The van der Waals surface area contributed by atoms with Crippen molar-refractivity contribution in [3.05, 3.63) is 58.6 Å². The molecule has 1 N–H and O–H groups in total. The number of hydrogen-bond acceptors (Lipinski definition) is 15.